The largest absolute Gasteiger partial charge is 0.497 e. The second kappa shape index (κ2) is 7.11. The number of aromatic nitrogens is 2. The van der Waals surface area contributed by atoms with Crippen molar-refractivity contribution in [2.75, 3.05) is 38.2 Å². The summed E-state index contributed by atoms with van der Waals surface area (Å²) in [6, 6.07) is 13.2. The van der Waals surface area contributed by atoms with Crippen LogP contribution in [0.1, 0.15) is 10.4 Å². The van der Waals surface area contributed by atoms with Crippen LogP contribution in [0, 0.1) is 0 Å². The van der Waals surface area contributed by atoms with Crippen LogP contribution in [0.5, 0.6) is 5.75 Å². The third-order valence-electron chi connectivity index (χ3n) is 4.85. The van der Waals surface area contributed by atoms with Crippen molar-refractivity contribution >= 4 is 17.2 Å². The van der Waals surface area contributed by atoms with Gasteiger partial charge >= 0.3 is 0 Å². The molecule has 1 saturated heterocycles. The zero-order chi connectivity index (χ0) is 18.8. The molecule has 1 aromatic carbocycles. The summed E-state index contributed by atoms with van der Waals surface area (Å²) >= 11 is 0. The van der Waals surface area contributed by atoms with Crippen LogP contribution in [-0.4, -0.2) is 53.5 Å². The van der Waals surface area contributed by atoms with E-state index in [9.17, 15) is 9.59 Å². The molecule has 0 saturated carbocycles. The molecule has 138 valence electrons. The minimum atomic E-state index is -0.330. The number of fused-ring (bicyclic) bond motifs is 1. The molecule has 7 heteroatoms. The Morgan fingerprint density at radius 2 is 1.78 bits per heavy atom. The number of methoxy groups -OCH3 is 1. The number of benzene rings is 1. The van der Waals surface area contributed by atoms with Crippen LogP contribution in [0.3, 0.4) is 0 Å². The topological polar surface area (TPSA) is 67.2 Å². The van der Waals surface area contributed by atoms with Crippen molar-refractivity contribution in [2.45, 2.75) is 0 Å². The first-order chi connectivity index (χ1) is 13.2. The molecule has 0 aliphatic carbocycles. The molecule has 0 N–H and O–H groups in total. The van der Waals surface area contributed by atoms with Gasteiger partial charge < -0.3 is 14.5 Å². The van der Waals surface area contributed by atoms with Crippen molar-refractivity contribution in [3.8, 4) is 5.75 Å². The molecule has 1 amide bonds. The fourth-order valence-corrected chi connectivity index (χ4v) is 3.30. The molecule has 3 aromatic rings. The zero-order valence-corrected chi connectivity index (χ0v) is 15.0. The Bertz CT molecular complexity index is 1020. The highest BCUT2D eigenvalue weighted by Crippen LogP contribution is 2.20. The molecule has 1 fully saturated rings. The summed E-state index contributed by atoms with van der Waals surface area (Å²) in [4.78, 5) is 33.6. The summed E-state index contributed by atoms with van der Waals surface area (Å²) in [6.45, 7) is 2.53. The number of anilines is 1. The molecule has 0 bridgehead atoms. The maximum absolute atomic E-state index is 12.8. The van der Waals surface area contributed by atoms with E-state index in [1.54, 1.807) is 30.3 Å². The Hall–Kier alpha value is -3.35. The number of carbonyl (C=O) groups is 1. The molecule has 4 rings (SSSR count). The number of ether oxygens (including phenoxy) is 1. The number of rotatable bonds is 3. The quantitative estimate of drug-likeness (QED) is 0.707. The molecule has 0 spiro atoms. The van der Waals surface area contributed by atoms with Gasteiger partial charge in [0.2, 0.25) is 0 Å². The lowest BCUT2D eigenvalue weighted by Gasteiger charge is -2.36. The Kier molecular flexibility index (Phi) is 4.50. The average molecular weight is 364 g/mol. The lowest BCUT2D eigenvalue weighted by Crippen LogP contribution is -2.49. The van der Waals surface area contributed by atoms with Crippen LogP contribution < -0.4 is 15.2 Å². The molecule has 0 atom stereocenters. The predicted octanol–water partition coefficient (Wildman–Crippen LogP) is 1.67. The summed E-state index contributed by atoms with van der Waals surface area (Å²) < 4.78 is 6.59. The van der Waals surface area contributed by atoms with E-state index in [0.717, 1.165) is 11.4 Å². The lowest BCUT2D eigenvalue weighted by molar-refractivity contribution is 0.0744. The maximum atomic E-state index is 12.8. The van der Waals surface area contributed by atoms with E-state index >= 15 is 0 Å². The van der Waals surface area contributed by atoms with Crippen molar-refractivity contribution in [3.05, 3.63) is 70.8 Å². The fourth-order valence-electron chi connectivity index (χ4n) is 3.30. The minimum Gasteiger partial charge on any atom is -0.497 e. The SMILES string of the molecule is COc1ccc(N2CCN(C(=O)c3cnc4ccccn4c3=O)CC2)cc1. The molecular weight excluding hydrogens is 344 g/mol. The zero-order valence-electron chi connectivity index (χ0n) is 15.0. The van der Waals surface area contributed by atoms with Crippen molar-refractivity contribution in [3.63, 3.8) is 0 Å². The van der Waals surface area contributed by atoms with Gasteiger partial charge in [-0.1, -0.05) is 6.07 Å². The lowest BCUT2D eigenvalue weighted by atomic mass is 10.2. The van der Waals surface area contributed by atoms with Gasteiger partial charge in [-0.05, 0) is 36.4 Å². The summed E-state index contributed by atoms with van der Waals surface area (Å²) in [5, 5.41) is 0. The van der Waals surface area contributed by atoms with Gasteiger partial charge in [0.15, 0.2) is 0 Å². The third kappa shape index (κ3) is 3.23. The number of amides is 1. The highest BCUT2D eigenvalue weighted by molar-refractivity contribution is 5.94. The molecular formula is C20H20N4O3. The van der Waals surface area contributed by atoms with Crippen LogP contribution in [0.2, 0.25) is 0 Å². The summed E-state index contributed by atoms with van der Waals surface area (Å²) in [5.41, 5.74) is 1.40. The smallest absolute Gasteiger partial charge is 0.270 e. The van der Waals surface area contributed by atoms with E-state index in [-0.39, 0.29) is 17.0 Å². The Morgan fingerprint density at radius 3 is 2.48 bits per heavy atom. The molecule has 0 unspecified atom stereocenters. The molecule has 7 nitrogen and oxygen atoms in total. The fraction of sp³-hybridized carbons (Fsp3) is 0.250. The van der Waals surface area contributed by atoms with Crippen LogP contribution >= 0.6 is 0 Å². The Labute approximate surface area is 156 Å². The summed E-state index contributed by atoms with van der Waals surface area (Å²) in [6.07, 6.45) is 3.01. The van der Waals surface area contributed by atoms with E-state index in [1.165, 1.54) is 10.6 Å². The normalized spacial score (nSPS) is 14.4. The molecule has 1 aliphatic heterocycles. The van der Waals surface area contributed by atoms with Gasteiger partial charge in [-0.15, -0.1) is 0 Å². The molecule has 2 aromatic heterocycles. The Morgan fingerprint density at radius 1 is 1.04 bits per heavy atom. The van der Waals surface area contributed by atoms with Crippen molar-refractivity contribution in [1.29, 1.82) is 0 Å². The van der Waals surface area contributed by atoms with Gasteiger partial charge in [-0.25, -0.2) is 4.98 Å². The predicted molar refractivity (Wildman–Crippen MR) is 103 cm³/mol. The molecule has 3 heterocycles. The first-order valence-corrected chi connectivity index (χ1v) is 8.82. The monoisotopic (exact) mass is 364 g/mol. The highest BCUT2D eigenvalue weighted by Gasteiger charge is 2.24. The second-order valence-electron chi connectivity index (χ2n) is 6.38. The third-order valence-corrected chi connectivity index (χ3v) is 4.85. The summed E-state index contributed by atoms with van der Waals surface area (Å²) in [5.74, 6) is 0.553. The van der Waals surface area contributed by atoms with Gasteiger partial charge in [0.05, 0.1) is 7.11 Å². The molecule has 0 radical (unpaired) electrons. The van der Waals surface area contributed by atoms with Gasteiger partial charge in [0.25, 0.3) is 11.5 Å². The number of nitrogens with zero attached hydrogens (tertiary/aromatic N) is 4. The van der Waals surface area contributed by atoms with Crippen LogP contribution in [-0.2, 0) is 0 Å². The van der Waals surface area contributed by atoms with E-state index in [2.05, 4.69) is 9.88 Å². The first-order valence-electron chi connectivity index (χ1n) is 8.82. The van der Waals surface area contributed by atoms with Gasteiger partial charge in [0.1, 0.15) is 17.0 Å². The average Bonchev–Trinajstić information content (AvgIpc) is 2.74. The number of carbonyl (C=O) groups excluding carboxylic acids is 1. The summed E-state index contributed by atoms with van der Waals surface area (Å²) in [7, 11) is 1.64. The van der Waals surface area contributed by atoms with Crippen molar-refractivity contribution in [2.24, 2.45) is 0 Å². The van der Waals surface area contributed by atoms with E-state index in [1.807, 2.05) is 30.3 Å². The van der Waals surface area contributed by atoms with E-state index in [0.29, 0.717) is 31.8 Å². The minimum absolute atomic E-state index is 0.108. The van der Waals surface area contributed by atoms with Gasteiger partial charge in [-0.3, -0.25) is 14.0 Å². The molecule has 27 heavy (non-hydrogen) atoms. The van der Waals surface area contributed by atoms with Crippen molar-refractivity contribution in [1.82, 2.24) is 14.3 Å². The highest BCUT2D eigenvalue weighted by atomic mass is 16.5. The standard InChI is InChI=1S/C20H20N4O3/c1-27-16-7-5-15(6-8-16)22-10-12-23(13-11-22)19(25)17-14-21-18-4-2-3-9-24(18)20(17)26/h2-9,14H,10-13H2,1H3. The van der Waals surface area contributed by atoms with Crippen molar-refractivity contribution < 1.29 is 9.53 Å². The number of hydrogen-bond donors (Lipinski definition) is 0. The number of piperazine rings is 1. The van der Waals surface area contributed by atoms with E-state index in [4.69, 9.17) is 4.74 Å². The number of hydrogen-bond acceptors (Lipinski definition) is 5. The van der Waals surface area contributed by atoms with Crippen LogP contribution in [0.15, 0.2) is 59.7 Å². The maximum Gasteiger partial charge on any atom is 0.270 e. The van der Waals surface area contributed by atoms with Gasteiger partial charge in [0, 0.05) is 44.3 Å². The molecule has 1 aliphatic rings. The van der Waals surface area contributed by atoms with E-state index < -0.39 is 0 Å². The van der Waals surface area contributed by atoms with Crippen LogP contribution in [0.25, 0.3) is 5.65 Å². The number of pyridine rings is 1. The first kappa shape index (κ1) is 17.1. The Balaban J connectivity index is 1.48. The van der Waals surface area contributed by atoms with Gasteiger partial charge in [-0.2, -0.15) is 0 Å². The second-order valence-corrected chi connectivity index (χ2v) is 6.38. The van der Waals surface area contributed by atoms with Crippen LogP contribution in [0.4, 0.5) is 5.69 Å².